The maximum atomic E-state index is 5.34. The number of halogens is 1. The molecule has 0 spiro atoms. The molecule has 4 nitrogen and oxygen atoms in total. The fourth-order valence-electron chi connectivity index (χ4n) is 2.04. The van der Waals surface area contributed by atoms with Crippen molar-refractivity contribution in [2.75, 3.05) is 14.2 Å². The minimum atomic E-state index is 0.221. The van der Waals surface area contributed by atoms with Crippen molar-refractivity contribution in [3.8, 4) is 11.5 Å². The molecule has 0 fully saturated rings. The van der Waals surface area contributed by atoms with Gasteiger partial charge in [0, 0.05) is 29.5 Å². The predicted molar refractivity (Wildman–Crippen MR) is 86.7 cm³/mol. The van der Waals surface area contributed by atoms with E-state index in [0.717, 1.165) is 27.9 Å². The van der Waals surface area contributed by atoms with Crippen LogP contribution in [0.3, 0.4) is 0 Å². The standard InChI is InChI=1S/C16H19BrN2O2/c1-11(12-5-4-6-18-9-12)19-10-13-7-15(20-2)16(21-3)8-14(13)17/h4-9,11,19H,10H2,1-3H3/t11-/m1/s1. The Hall–Kier alpha value is -1.59. The number of hydrogen-bond donors (Lipinski definition) is 1. The number of benzene rings is 1. The van der Waals surface area contributed by atoms with Crippen LogP contribution < -0.4 is 14.8 Å². The van der Waals surface area contributed by atoms with Crippen LogP contribution in [0, 0.1) is 0 Å². The Morgan fingerprint density at radius 1 is 1.24 bits per heavy atom. The molecule has 0 aliphatic rings. The maximum absolute atomic E-state index is 5.34. The van der Waals surface area contributed by atoms with Crippen LogP contribution in [0.15, 0.2) is 41.1 Å². The summed E-state index contributed by atoms with van der Waals surface area (Å²) in [6.07, 6.45) is 3.66. The molecule has 112 valence electrons. The quantitative estimate of drug-likeness (QED) is 0.862. The Morgan fingerprint density at radius 2 is 1.95 bits per heavy atom. The molecule has 0 saturated heterocycles. The smallest absolute Gasteiger partial charge is 0.161 e. The van der Waals surface area contributed by atoms with E-state index >= 15 is 0 Å². The van der Waals surface area contributed by atoms with E-state index in [2.05, 4.69) is 39.2 Å². The van der Waals surface area contributed by atoms with Gasteiger partial charge in [0.2, 0.25) is 0 Å². The summed E-state index contributed by atoms with van der Waals surface area (Å²) in [5.74, 6) is 1.44. The molecule has 1 aromatic heterocycles. The van der Waals surface area contributed by atoms with Gasteiger partial charge in [-0.3, -0.25) is 4.98 Å². The average molecular weight is 351 g/mol. The topological polar surface area (TPSA) is 43.4 Å². The molecular formula is C16H19BrN2O2. The molecule has 0 aliphatic heterocycles. The van der Waals surface area contributed by atoms with Gasteiger partial charge in [-0.2, -0.15) is 0 Å². The van der Waals surface area contributed by atoms with Gasteiger partial charge >= 0.3 is 0 Å². The second kappa shape index (κ2) is 7.43. The molecule has 2 aromatic rings. The summed E-state index contributed by atoms with van der Waals surface area (Å²) in [5.41, 5.74) is 2.28. The first-order valence-corrected chi connectivity index (χ1v) is 7.48. The zero-order valence-electron chi connectivity index (χ0n) is 12.4. The normalized spacial score (nSPS) is 12.0. The second-order valence-corrected chi connectivity index (χ2v) is 5.54. The number of hydrogen-bond acceptors (Lipinski definition) is 4. The number of nitrogens with zero attached hydrogens (tertiary/aromatic N) is 1. The lowest BCUT2D eigenvalue weighted by molar-refractivity contribution is 0.354. The number of aromatic nitrogens is 1. The number of pyridine rings is 1. The second-order valence-electron chi connectivity index (χ2n) is 4.69. The molecule has 0 radical (unpaired) electrons. The lowest BCUT2D eigenvalue weighted by Crippen LogP contribution is -2.18. The molecule has 0 unspecified atom stereocenters. The summed E-state index contributed by atoms with van der Waals surface area (Å²) < 4.78 is 11.6. The molecule has 1 N–H and O–H groups in total. The highest BCUT2D eigenvalue weighted by Gasteiger charge is 2.11. The van der Waals surface area contributed by atoms with E-state index in [1.165, 1.54) is 0 Å². The van der Waals surface area contributed by atoms with Crippen LogP contribution in [0.2, 0.25) is 0 Å². The van der Waals surface area contributed by atoms with Crippen LogP contribution in [-0.2, 0) is 6.54 Å². The fourth-order valence-corrected chi connectivity index (χ4v) is 2.51. The van der Waals surface area contributed by atoms with Crippen molar-refractivity contribution in [1.29, 1.82) is 0 Å². The molecule has 0 bridgehead atoms. The third-order valence-corrected chi connectivity index (χ3v) is 4.07. The highest BCUT2D eigenvalue weighted by atomic mass is 79.9. The van der Waals surface area contributed by atoms with Crippen LogP contribution in [0.25, 0.3) is 0 Å². The zero-order chi connectivity index (χ0) is 15.2. The van der Waals surface area contributed by atoms with Crippen LogP contribution >= 0.6 is 15.9 Å². The molecule has 1 aromatic carbocycles. The van der Waals surface area contributed by atoms with Crippen molar-refractivity contribution < 1.29 is 9.47 Å². The van der Waals surface area contributed by atoms with Gasteiger partial charge in [0.05, 0.1) is 14.2 Å². The van der Waals surface area contributed by atoms with Crippen molar-refractivity contribution in [2.45, 2.75) is 19.5 Å². The SMILES string of the molecule is COc1cc(Br)c(CN[C@H](C)c2cccnc2)cc1OC. The van der Waals surface area contributed by atoms with Crippen molar-refractivity contribution in [1.82, 2.24) is 10.3 Å². The van der Waals surface area contributed by atoms with Crippen molar-refractivity contribution in [3.05, 3.63) is 52.3 Å². The van der Waals surface area contributed by atoms with Gasteiger partial charge in [0.25, 0.3) is 0 Å². The predicted octanol–water partition coefficient (Wildman–Crippen LogP) is 3.71. The van der Waals surface area contributed by atoms with Crippen molar-refractivity contribution >= 4 is 15.9 Å². The molecule has 21 heavy (non-hydrogen) atoms. The van der Waals surface area contributed by atoms with Gasteiger partial charge in [-0.05, 0) is 36.2 Å². The van der Waals surface area contributed by atoms with Crippen LogP contribution in [-0.4, -0.2) is 19.2 Å². The first kappa shape index (κ1) is 15.8. The minimum Gasteiger partial charge on any atom is -0.493 e. The first-order valence-electron chi connectivity index (χ1n) is 6.69. The number of nitrogens with one attached hydrogen (secondary N) is 1. The summed E-state index contributed by atoms with van der Waals surface area (Å²) >= 11 is 3.57. The van der Waals surface area contributed by atoms with E-state index in [4.69, 9.17) is 9.47 Å². The first-order chi connectivity index (χ1) is 10.2. The number of rotatable bonds is 6. The summed E-state index contributed by atoms with van der Waals surface area (Å²) in [6.45, 7) is 2.84. The largest absolute Gasteiger partial charge is 0.493 e. The summed E-state index contributed by atoms with van der Waals surface area (Å²) in [6, 6.07) is 8.13. The summed E-state index contributed by atoms with van der Waals surface area (Å²) in [4.78, 5) is 4.14. The van der Waals surface area contributed by atoms with E-state index in [0.29, 0.717) is 5.75 Å². The monoisotopic (exact) mass is 350 g/mol. The van der Waals surface area contributed by atoms with E-state index in [9.17, 15) is 0 Å². The zero-order valence-corrected chi connectivity index (χ0v) is 14.0. The summed E-state index contributed by atoms with van der Waals surface area (Å²) in [7, 11) is 3.27. The maximum Gasteiger partial charge on any atom is 0.161 e. The molecular weight excluding hydrogens is 332 g/mol. The molecule has 0 aliphatic carbocycles. The molecule has 5 heteroatoms. The third-order valence-electron chi connectivity index (χ3n) is 3.34. The Bertz CT molecular complexity index is 590. The summed E-state index contributed by atoms with van der Waals surface area (Å²) in [5, 5.41) is 3.48. The van der Waals surface area contributed by atoms with E-state index in [1.54, 1.807) is 20.4 Å². The van der Waals surface area contributed by atoms with E-state index < -0.39 is 0 Å². The average Bonchev–Trinajstić information content (AvgIpc) is 2.53. The van der Waals surface area contributed by atoms with E-state index in [1.807, 2.05) is 24.4 Å². The van der Waals surface area contributed by atoms with Gasteiger partial charge in [0.15, 0.2) is 11.5 Å². The Kier molecular flexibility index (Phi) is 5.59. The highest BCUT2D eigenvalue weighted by Crippen LogP contribution is 2.33. The third kappa shape index (κ3) is 3.95. The fraction of sp³-hybridized carbons (Fsp3) is 0.312. The van der Waals surface area contributed by atoms with Crippen LogP contribution in [0.5, 0.6) is 11.5 Å². The van der Waals surface area contributed by atoms with Gasteiger partial charge < -0.3 is 14.8 Å². The Morgan fingerprint density at radius 3 is 2.57 bits per heavy atom. The molecule has 1 heterocycles. The Labute approximate surface area is 133 Å². The molecule has 2 rings (SSSR count). The van der Waals surface area contributed by atoms with Gasteiger partial charge in [-0.1, -0.05) is 22.0 Å². The number of ether oxygens (including phenoxy) is 2. The van der Waals surface area contributed by atoms with Gasteiger partial charge in [0.1, 0.15) is 0 Å². The van der Waals surface area contributed by atoms with Gasteiger partial charge in [-0.25, -0.2) is 0 Å². The number of methoxy groups -OCH3 is 2. The Balaban J connectivity index is 2.09. The van der Waals surface area contributed by atoms with Gasteiger partial charge in [-0.15, -0.1) is 0 Å². The highest BCUT2D eigenvalue weighted by molar-refractivity contribution is 9.10. The van der Waals surface area contributed by atoms with Crippen LogP contribution in [0.1, 0.15) is 24.1 Å². The lowest BCUT2D eigenvalue weighted by Gasteiger charge is -2.16. The minimum absolute atomic E-state index is 0.221. The van der Waals surface area contributed by atoms with Crippen molar-refractivity contribution in [3.63, 3.8) is 0 Å². The van der Waals surface area contributed by atoms with E-state index in [-0.39, 0.29) is 6.04 Å². The van der Waals surface area contributed by atoms with Crippen molar-refractivity contribution in [2.24, 2.45) is 0 Å². The lowest BCUT2D eigenvalue weighted by atomic mass is 10.1. The van der Waals surface area contributed by atoms with Crippen LogP contribution in [0.4, 0.5) is 0 Å². The molecule has 0 amide bonds. The molecule has 0 saturated carbocycles. The molecule has 1 atom stereocenters.